The average molecular weight is 417 g/mol. The van der Waals surface area contributed by atoms with E-state index in [9.17, 15) is 0 Å². The van der Waals surface area contributed by atoms with E-state index in [1.165, 1.54) is 17.7 Å². The SMILES string of the molecule is NCCc1cc(Nc2nccc3nc(-c4c(Cl)cccc4Cl)sc23)ncn1. The van der Waals surface area contributed by atoms with Crippen LogP contribution in [0.5, 0.6) is 0 Å². The molecular weight excluding hydrogens is 403 g/mol. The van der Waals surface area contributed by atoms with Crippen LogP contribution >= 0.6 is 34.5 Å². The minimum Gasteiger partial charge on any atom is -0.330 e. The van der Waals surface area contributed by atoms with Gasteiger partial charge in [-0.05, 0) is 24.7 Å². The van der Waals surface area contributed by atoms with Gasteiger partial charge in [0.1, 0.15) is 17.2 Å². The van der Waals surface area contributed by atoms with Crippen molar-refractivity contribution < 1.29 is 0 Å². The molecule has 0 spiro atoms. The molecule has 0 bridgehead atoms. The molecule has 0 fully saturated rings. The van der Waals surface area contributed by atoms with Crippen LogP contribution in [0.2, 0.25) is 10.0 Å². The van der Waals surface area contributed by atoms with Gasteiger partial charge in [0.2, 0.25) is 0 Å². The number of hydrogen-bond donors (Lipinski definition) is 2. The van der Waals surface area contributed by atoms with Crippen molar-refractivity contribution in [2.75, 3.05) is 11.9 Å². The van der Waals surface area contributed by atoms with Crippen LogP contribution in [-0.4, -0.2) is 26.5 Å². The van der Waals surface area contributed by atoms with Crippen molar-refractivity contribution in [3.63, 3.8) is 0 Å². The number of thiazole rings is 1. The third-order valence-corrected chi connectivity index (χ3v) is 5.58. The maximum absolute atomic E-state index is 6.33. The average Bonchev–Trinajstić information content (AvgIpc) is 3.07. The van der Waals surface area contributed by atoms with Crippen LogP contribution in [0.25, 0.3) is 20.8 Å². The van der Waals surface area contributed by atoms with Crippen molar-refractivity contribution in [1.82, 2.24) is 19.9 Å². The number of nitrogens with two attached hydrogens (primary N) is 1. The second kappa shape index (κ2) is 7.74. The number of anilines is 2. The fourth-order valence-electron chi connectivity index (χ4n) is 2.63. The summed E-state index contributed by atoms with van der Waals surface area (Å²) < 4.78 is 0.891. The van der Waals surface area contributed by atoms with Crippen molar-refractivity contribution in [2.45, 2.75) is 6.42 Å². The molecule has 136 valence electrons. The van der Waals surface area contributed by atoms with Crippen LogP contribution in [0.3, 0.4) is 0 Å². The van der Waals surface area contributed by atoms with E-state index in [1.54, 1.807) is 18.3 Å². The molecule has 0 saturated carbocycles. The van der Waals surface area contributed by atoms with Gasteiger partial charge in [-0.25, -0.2) is 19.9 Å². The largest absolute Gasteiger partial charge is 0.330 e. The lowest BCUT2D eigenvalue weighted by atomic mass is 10.2. The molecule has 0 radical (unpaired) electrons. The quantitative estimate of drug-likeness (QED) is 0.489. The first-order valence-corrected chi connectivity index (χ1v) is 9.71. The van der Waals surface area contributed by atoms with Crippen molar-refractivity contribution >= 4 is 56.4 Å². The summed E-state index contributed by atoms with van der Waals surface area (Å²) in [5.41, 5.74) is 8.00. The van der Waals surface area contributed by atoms with Gasteiger partial charge in [-0.1, -0.05) is 29.3 Å². The van der Waals surface area contributed by atoms with Crippen molar-refractivity contribution in [3.05, 3.63) is 58.6 Å². The van der Waals surface area contributed by atoms with Crippen LogP contribution in [0.1, 0.15) is 5.69 Å². The normalized spacial score (nSPS) is 11.1. The Kier molecular flexibility index (Phi) is 5.18. The van der Waals surface area contributed by atoms with E-state index in [2.05, 4.69) is 25.3 Å². The molecule has 4 rings (SSSR count). The zero-order chi connectivity index (χ0) is 18.8. The number of nitrogens with zero attached hydrogens (tertiary/aromatic N) is 4. The molecule has 27 heavy (non-hydrogen) atoms. The van der Waals surface area contributed by atoms with E-state index in [0.29, 0.717) is 34.6 Å². The molecule has 3 N–H and O–H groups in total. The number of fused-ring (bicyclic) bond motifs is 1. The molecule has 4 aromatic rings. The van der Waals surface area contributed by atoms with E-state index in [-0.39, 0.29) is 0 Å². The summed E-state index contributed by atoms with van der Waals surface area (Å²) in [7, 11) is 0. The second-order valence-corrected chi connectivity index (χ2v) is 7.50. The summed E-state index contributed by atoms with van der Waals surface area (Å²) in [5, 5.41) is 5.10. The first kappa shape index (κ1) is 18.1. The highest BCUT2D eigenvalue weighted by molar-refractivity contribution is 7.22. The standard InChI is InChI=1S/C18H14Cl2N6S/c19-11-2-1-3-12(20)15(11)18-25-13-5-7-22-17(16(13)27-18)26-14-8-10(4-6-21)23-9-24-14/h1-3,5,7-9H,4,6,21H2,(H,22,23,24,26). The zero-order valence-electron chi connectivity index (χ0n) is 14.0. The van der Waals surface area contributed by atoms with Crippen molar-refractivity contribution in [3.8, 4) is 10.6 Å². The molecule has 3 heterocycles. The molecule has 0 unspecified atom stereocenters. The number of rotatable bonds is 5. The highest BCUT2D eigenvalue weighted by atomic mass is 35.5. The summed E-state index contributed by atoms with van der Waals surface area (Å²) in [4.78, 5) is 17.6. The van der Waals surface area contributed by atoms with E-state index < -0.39 is 0 Å². The van der Waals surface area contributed by atoms with Gasteiger partial charge in [0.15, 0.2) is 5.82 Å². The fraction of sp³-hybridized carbons (Fsp3) is 0.111. The van der Waals surface area contributed by atoms with Gasteiger partial charge in [-0.2, -0.15) is 0 Å². The number of benzene rings is 1. The Balaban J connectivity index is 1.75. The zero-order valence-corrected chi connectivity index (χ0v) is 16.3. The van der Waals surface area contributed by atoms with Crippen LogP contribution in [0.15, 0.2) is 42.9 Å². The lowest BCUT2D eigenvalue weighted by Crippen LogP contribution is -2.05. The first-order valence-electron chi connectivity index (χ1n) is 8.13. The van der Waals surface area contributed by atoms with Gasteiger partial charge >= 0.3 is 0 Å². The van der Waals surface area contributed by atoms with Crippen LogP contribution in [-0.2, 0) is 6.42 Å². The minimum atomic E-state index is 0.529. The molecule has 1 aromatic carbocycles. The summed E-state index contributed by atoms with van der Waals surface area (Å²) in [5.74, 6) is 1.32. The summed E-state index contributed by atoms with van der Waals surface area (Å²) in [6.45, 7) is 0.529. The van der Waals surface area contributed by atoms with E-state index in [4.69, 9.17) is 28.9 Å². The predicted molar refractivity (Wildman–Crippen MR) is 111 cm³/mol. The van der Waals surface area contributed by atoms with Crippen molar-refractivity contribution in [2.24, 2.45) is 5.73 Å². The predicted octanol–water partition coefficient (Wildman–Crippen LogP) is 4.70. The Hall–Kier alpha value is -2.32. The smallest absolute Gasteiger partial charge is 0.151 e. The van der Waals surface area contributed by atoms with Crippen LogP contribution in [0, 0.1) is 0 Å². The Bertz CT molecular complexity index is 1090. The highest BCUT2D eigenvalue weighted by Gasteiger charge is 2.16. The first-order chi connectivity index (χ1) is 13.2. The van der Waals surface area contributed by atoms with Gasteiger partial charge in [0.05, 0.1) is 20.3 Å². The molecule has 6 nitrogen and oxygen atoms in total. The van der Waals surface area contributed by atoms with Crippen LogP contribution < -0.4 is 11.1 Å². The molecule has 0 saturated heterocycles. The summed E-state index contributed by atoms with van der Waals surface area (Å²) >= 11 is 14.1. The number of pyridine rings is 1. The van der Waals surface area contributed by atoms with E-state index >= 15 is 0 Å². The third-order valence-electron chi connectivity index (χ3n) is 3.85. The van der Waals surface area contributed by atoms with Crippen molar-refractivity contribution in [1.29, 1.82) is 0 Å². The third kappa shape index (κ3) is 3.72. The molecule has 0 aliphatic carbocycles. The molecule has 0 aliphatic rings. The molecule has 0 aliphatic heterocycles. The Labute approximate surface area is 169 Å². The Morgan fingerprint density at radius 2 is 1.89 bits per heavy atom. The fourth-order valence-corrected chi connectivity index (χ4v) is 4.39. The molecule has 9 heteroatoms. The monoisotopic (exact) mass is 416 g/mol. The molecule has 0 atom stereocenters. The van der Waals surface area contributed by atoms with E-state index in [0.717, 1.165) is 26.5 Å². The van der Waals surface area contributed by atoms with Gasteiger partial charge in [-0.15, -0.1) is 11.3 Å². The van der Waals surface area contributed by atoms with Gasteiger partial charge in [0.25, 0.3) is 0 Å². The van der Waals surface area contributed by atoms with E-state index in [1.807, 2.05) is 18.2 Å². The molecule has 0 amide bonds. The number of aromatic nitrogens is 4. The number of halogens is 2. The van der Waals surface area contributed by atoms with Gasteiger partial charge in [0, 0.05) is 29.9 Å². The number of hydrogen-bond acceptors (Lipinski definition) is 7. The minimum absolute atomic E-state index is 0.529. The Morgan fingerprint density at radius 3 is 2.67 bits per heavy atom. The summed E-state index contributed by atoms with van der Waals surface area (Å²) in [6, 6.07) is 9.12. The topological polar surface area (TPSA) is 89.6 Å². The lowest BCUT2D eigenvalue weighted by molar-refractivity contribution is 0.911. The molecular formula is C18H14Cl2N6S. The van der Waals surface area contributed by atoms with Gasteiger partial charge < -0.3 is 11.1 Å². The second-order valence-electron chi connectivity index (χ2n) is 5.68. The Morgan fingerprint density at radius 1 is 1.07 bits per heavy atom. The maximum Gasteiger partial charge on any atom is 0.151 e. The molecule has 3 aromatic heterocycles. The number of nitrogens with one attached hydrogen (secondary N) is 1. The maximum atomic E-state index is 6.33. The lowest BCUT2D eigenvalue weighted by Gasteiger charge is -2.06. The summed E-state index contributed by atoms with van der Waals surface area (Å²) in [6.07, 6.45) is 3.89. The van der Waals surface area contributed by atoms with Crippen LogP contribution in [0.4, 0.5) is 11.6 Å². The van der Waals surface area contributed by atoms with Gasteiger partial charge in [-0.3, -0.25) is 0 Å². The highest BCUT2D eigenvalue weighted by Crippen LogP contribution is 2.40.